The van der Waals surface area contributed by atoms with Crippen LogP contribution < -0.4 is 15.6 Å². The third-order valence-corrected chi connectivity index (χ3v) is 3.58. The van der Waals surface area contributed by atoms with Crippen molar-refractivity contribution in [1.82, 2.24) is 0 Å². The highest BCUT2D eigenvalue weighted by atomic mass is 32.2. The van der Waals surface area contributed by atoms with Gasteiger partial charge in [-0.3, -0.25) is 0 Å². The van der Waals surface area contributed by atoms with Gasteiger partial charge in [-0.1, -0.05) is 12.1 Å². The zero-order chi connectivity index (χ0) is 14.9. The highest BCUT2D eigenvalue weighted by Gasteiger charge is 2.17. The molecular formula is C13H13FN2O3S. The Hall–Kier alpha value is -2.12. The lowest BCUT2D eigenvalue weighted by atomic mass is 10.2. The molecule has 0 aliphatic rings. The summed E-state index contributed by atoms with van der Waals surface area (Å²) in [5.74, 6) is -0.726. The normalized spacial score (nSPS) is 11.3. The lowest BCUT2D eigenvalue weighted by Crippen LogP contribution is -2.13. The summed E-state index contributed by atoms with van der Waals surface area (Å²) in [7, 11) is -4.03. The first-order valence-electron chi connectivity index (χ1n) is 5.64. The predicted molar refractivity (Wildman–Crippen MR) is 73.4 cm³/mol. The molecule has 0 unspecified atom stereocenters. The van der Waals surface area contributed by atoms with Gasteiger partial charge in [-0.2, -0.15) is 0 Å². The Balaban J connectivity index is 2.52. The van der Waals surface area contributed by atoms with Crippen LogP contribution in [-0.2, 0) is 10.0 Å². The third kappa shape index (κ3) is 2.89. The molecule has 0 spiro atoms. The number of hydrogen-bond acceptors (Lipinski definition) is 4. The topological polar surface area (TPSA) is 95.4 Å². The molecule has 7 heteroatoms. The molecule has 0 saturated carbocycles. The molecule has 4 N–H and O–H groups in total. The van der Waals surface area contributed by atoms with E-state index in [0.717, 1.165) is 0 Å². The first-order valence-corrected chi connectivity index (χ1v) is 7.19. The maximum absolute atomic E-state index is 13.9. The summed E-state index contributed by atoms with van der Waals surface area (Å²) in [6.45, 7) is 1.58. The zero-order valence-electron chi connectivity index (χ0n) is 10.6. The number of anilines is 1. The van der Waals surface area contributed by atoms with Crippen LogP contribution in [0.2, 0.25) is 0 Å². The van der Waals surface area contributed by atoms with Crippen LogP contribution in [-0.4, -0.2) is 8.42 Å². The molecule has 0 amide bonds. The second-order valence-corrected chi connectivity index (χ2v) is 5.77. The van der Waals surface area contributed by atoms with E-state index in [1.54, 1.807) is 19.1 Å². The Kier molecular flexibility index (Phi) is 3.65. The Morgan fingerprint density at radius 2 is 1.85 bits per heavy atom. The predicted octanol–water partition coefficient (Wildman–Crippen LogP) is 2.16. The average molecular weight is 296 g/mol. The molecule has 0 heterocycles. The minimum Gasteiger partial charge on any atom is -0.453 e. The number of ether oxygens (including phenoxy) is 1. The fraction of sp³-hybridized carbons (Fsp3) is 0.0769. The van der Waals surface area contributed by atoms with Crippen LogP contribution in [0.4, 0.5) is 10.1 Å². The van der Waals surface area contributed by atoms with E-state index in [4.69, 9.17) is 15.6 Å². The van der Waals surface area contributed by atoms with E-state index in [1.165, 1.54) is 24.3 Å². The molecule has 0 saturated heterocycles. The minimum absolute atomic E-state index is 0.0776. The number of nitrogen functional groups attached to an aromatic ring is 1. The second-order valence-electron chi connectivity index (χ2n) is 4.24. The first-order chi connectivity index (χ1) is 9.29. The monoisotopic (exact) mass is 296 g/mol. The molecule has 5 nitrogen and oxygen atoms in total. The number of halogens is 1. The largest absolute Gasteiger partial charge is 0.453 e. The van der Waals surface area contributed by atoms with E-state index < -0.39 is 15.8 Å². The molecule has 0 bridgehead atoms. The van der Waals surface area contributed by atoms with Gasteiger partial charge in [-0.15, -0.1) is 0 Å². The smallest absolute Gasteiger partial charge is 0.241 e. The van der Waals surface area contributed by atoms with Gasteiger partial charge in [0.15, 0.2) is 11.6 Å². The van der Waals surface area contributed by atoms with Crippen molar-refractivity contribution in [1.29, 1.82) is 0 Å². The highest BCUT2D eigenvalue weighted by Crippen LogP contribution is 2.31. The molecule has 0 aliphatic carbocycles. The van der Waals surface area contributed by atoms with Crippen LogP contribution in [0.15, 0.2) is 41.3 Å². The van der Waals surface area contributed by atoms with Gasteiger partial charge in [0.05, 0.1) is 0 Å². The maximum Gasteiger partial charge on any atom is 0.241 e. The molecular weight excluding hydrogens is 283 g/mol. The molecule has 2 rings (SSSR count). The van der Waals surface area contributed by atoms with Gasteiger partial charge in [0.1, 0.15) is 10.6 Å². The van der Waals surface area contributed by atoms with Gasteiger partial charge in [-0.05, 0) is 36.8 Å². The summed E-state index contributed by atoms with van der Waals surface area (Å²) in [4.78, 5) is -0.293. The van der Waals surface area contributed by atoms with Crippen molar-refractivity contribution >= 4 is 15.7 Å². The summed E-state index contributed by atoms with van der Waals surface area (Å²) < 4.78 is 42.2. The number of benzene rings is 2. The summed E-state index contributed by atoms with van der Waals surface area (Å²) in [6.07, 6.45) is 0. The van der Waals surface area contributed by atoms with Crippen molar-refractivity contribution in [3.63, 3.8) is 0 Å². The first kappa shape index (κ1) is 14.3. The van der Waals surface area contributed by atoms with Crippen molar-refractivity contribution in [2.75, 3.05) is 5.73 Å². The SMILES string of the molecule is Cc1cccc(Oc2ccc(N)cc2S(N)(=O)=O)c1F. The Bertz CT molecular complexity index is 760. The Morgan fingerprint density at radius 1 is 1.15 bits per heavy atom. The summed E-state index contributed by atoms with van der Waals surface area (Å²) in [5.41, 5.74) is 6.12. The number of sulfonamides is 1. The fourth-order valence-corrected chi connectivity index (χ4v) is 2.34. The van der Waals surface area contributed by atoms with Gasteiger partial charge in [-0.25, -0.2) is 17.9 Å². The van der Waals surface area contributed by atoms with E-state index in [9.17, 15) is 12.8 Å². The van der Waals surface area contributed by atoms with Gasteiger partial charge in [0.25, 0.3) is 0 Å². The molecule has 0 fully saturated rings. The standard InChI is InChI=1S/C13H13FN2O3S/c1-8-3-2-4-11(13(8)14)19-10-6-5-9(15)7-12(10)20(16,17)18/h2-7H,15H2,1H3,(H2,16,17,18). The Labute approximate surface area is 116 Å². The molecule has 2 aromatic carbocycles. The molecule has 0 aromatic heterocycles. The molecule has 20 heavy (non-hydrogen) atoms. The quantitative estimate of drug-likeness (QED) is 0.848. The fourth-order valence-electron chi connectivity index (χ4n) is 1.65. The van der Waals surface area contributed by atoms with Crippen LogP contribution in [0.1, 0.15) is 5.56 Å². The van der Waals surface area contributed by atoms with Crippen molar-refractivity contribution in [3.8, 4) is 11.5 Å². The van der Waals surface area contributed by atoms with Crippen molar-refractivity contribution in [3.05, 3.63) is 47.8 Å². The van der Waals surface area contributed by atoms with E-state index in [-0.39, 0.29) is 22.1 Å². The molecule has 106 valence electrons. The molecule has 2 aromatic rings. The number of primary sulfonamides is 1. The number of rotatable bonds is 3. The van der Waals surface area contributed by atoms with Gasteiger partial charge in [0, 0.05) is 5.69 Å². The van der Waals surface area contributed by atoms with E-state index >= 15 is 0 Å². The number of aryl methyl sites for hydroxylation is 1. The molecule has 0 radical (unpaired) electrons. The summed E-state index contributed by atoms with van der Waals surface area (Å²) in [5, 5.41) is 5.09. The Morgan fingerprint density at radius 3 is 2.50 bits per heavy atom. The second kappa shape index (κ2) is 5.10. The van der Waals surface area contributed by atoms with E-state index in [0.29, 0.717) is 5.56 Å². The maximum atomic E-state index is 13.9. The average Bonchev–Trinajstić information content (AvgIpc) is 2.36. The zero-order valence-corrected chi connectivity index (χ0v) is 11.4. The van der Waals surface area contributed by atoms with Gasteiger partial charge in [0.2, 0.25) is 10.0 Å². The van der Waals surface area contributed by atoms with Crippen LogP contribution in [0, 0.1) is 12.7 Å². The van der Waals surface area contributed by atoms with Crippen LogP contribution in [0.25, 0.3) is 0 Å². The van der Waals surface area contributed by atoms with E-state index in [1.807, 2.05) is 0 Å². The van der Waals surface area contributed by atoms with Crippen molar-refractivity contribution in [2.24, 2.45) is 5.14 Å². The van der Waals surface area contributed by atoms with Crippen molar-refractivity contribution < 1.29 is 17.5 Å². The van der Waals surface area contributed by atoms with Crippen LogP contribution in [0.3, 0.4) is 0 Å². The minimum atomic E-state index is -4.03. The highest BCUT2D eigenvalue weighted by molar-refractivity contribution is 7.89. The number of hydrogen-bond donors (Lipinski definition) is 2. The molecule has 0 atom stereocenters. The van der Waals surface area contributed by atoms with E-state index in [2.05, 4.69) is 0 Å². The summed E-state index contributed by atoms with van der Waals surface area (Å²) in [6, 6.07) is 8.51. The van der Waals surface area contributed by atoms with Gasteiger partial charge >= 0.3 is 0 Å². The van der Waals surface area contributed by atoms with Gasteiger partial charge < -0.3 is 10.5 Å². The third-order valence-electron chi connectivity index (χ3n) is 2.65. The van der Waals surface area contributed by atoms with Crippen LogP contribution >= 0.6 is 0 Å². The van der Waals surface area contributed by atoms with Crippen LogP contribution in [0.5, 0.6) is 11.5 Å². The van der Waals surface area contributed by atoms with Crippen molar-refractivity contribution in [2.45, 2.75) is 11.8 Å². The lowest BCUT2D eigenvalue weighted by molar-refractivity contribution is 0.429. The summed E-state index contributed by atoms with van der Waals surface area (Å²) >= 11 is 0. The number of nitrogens with two attached hydrogens (primary N) is 2. The lowest BCUT2D eigenvalue weighted by Gasteiger charge is -2.11. The molecule has 0 aliphatic heterocycles.